The molecule has 0 aliphatic carbocycles. The molecule has 0 aliphatic heterocycles. The topological polar surface area (TPSA) is 190 Å². The van der Waals surface area contributed by atoms with Gasteiger partial charge in [0.15, 0.2) is 5.96 Å². The molecule has 0 spiro atoms. The number of nitrogens with two attached hydrogens (primary N) is 2. The fraction of sp³-hybridized carbons (Fsp3) is 0.457. The maximum absolute atomic E-state index is 13.5. The molecule has 0 saturated carbocycles. The predicted molar refractivity (Wildman–Crippen MR) is 184 cm³/mol. The Labute approximate surface area is 278 Å². The Kier molecular flexibility index (Phi) is 17.1. The molecular weight excluding hydrogens is 598 g/mol. The average Bonchev–Trinajstić information content (AvgIpc) is 3.03. The number of carbonyl (C=O) groups is 4. The predicted octanol–water partition coefficient (Wildman–Crippen LogP) is 2.92. The minimum Gasteiger partial charge on any atom is -0.445 e. The number of amides is 4. The third kappa shape index (κ3) is 16.3. The first-order chi connectivity index (χ1) is 22.4. The Morgan fingerprint density at radius 2 is 1.45 bits per heavy atom. The zero-order valence-electron chi connectivity index (χ0n) is 27.9. The summed E-state index contributed by atoms with van der Waals surface area (Å²) >= 11 is 0. The van der Waals surface area contributed by atoms with E-state index in [-0.39, 0.29) is 61.8 Å². The standard InChI is InChI=1S/C35H51N7O5/c1-24(2)21-29(33(45)41-30(25(3)4)22-39-31(43)19-11-17-26-13-7-5-8-14-26)40-32(44)28(18-12-20-38-34(36)37)42-35(46)47-23-27-15-9-6-10-16-27/h5-11,13-16,19,24-25,28-30H,12,17-18,20-23H2,1-4H3,(H,39,43)(H,40,44)(H,41,45)(H,42,46)(H4,36,37,38)/t28-,29-,30+/m0/s1. The van der Waals surface area contributed by atoms with Gasteiger partial charge in [0.05, 0.1) is 0 Å². The van der Waals surface area contributed by atoms with Crippen LogP contribution < -0.4 is 32.7 Å². The van der Waals surface area contributed by atoms with E-state index in [1.165, 1.54) is 6.08 Å². The number of benzene rings is 2. The molecule has 0 aromatic heterocycles. The number of carbonyl (C=O) groups excluding carboxylic acids is 4. The van der Waals surface area contributed by atoms with E-state index >= 15 is 0 Å². The summed E-state index contributed by atoms with van der Waals surface area (Å²) in [4.78, 5) is 56.1. The molecule has 0 heterocycles. The molecule has 2 rings (SSSR count). The van der Waals surface area contributed by atoms with Crippen LogP contribution in [-0.4, -0.2) is 61.0 Å². The number of hydrogen-bond donors (Lipinski definition) is 6. The van der Waals surface area contributed by atoms with E-state index in [9.17, 15) is 19.2 Å². The molecule has 256 valence electrons. The molecule has 47 heavy (non-hydrogen) atoms. The maximum atomic E-state index is 13.5. The molecule has 2 aromatic rings. The van der Waals surface area contributed by atoms with Gasteiger partial charge >= 0.3 is 6.09 Å². The second kappa shape index (κ2) is 21.0. The van der Waals surface area contributed by atoms with E-state index in [1.54, 1.807) is 6.08 Å². The molecule has 0 fully saturated rings. The van der Waals surface area contributed by atoms with Crippen molar-refractivity contribution in [3.05, 3.63) is 83.9 Å². The molecule has 3 atom stereocenters. The van der Waals surface area contributed by atoms with Crippen LogP contribution in [0.5, 0.6) is 0 Å². The Bertz CT molecular complexity index is 1310. The Hall–Kier alpha value is -4.87. The maximum Gasteiger partial charge on any atom is 0.408 e. The normalized spacial score (nSPS) is 13.0. The number of ether oxygens (including phenoxy) is 1. The van der Waals surface area contributed by atoms with Crippen molar-refractivity contribution >= 4 is 29.8 Å². The fourth-order valence-corrected chi connectivity index (χ4v) is 4.58. The summed E-state index contributed by atoms with van der Waals surface area (Å²) < 4.78 is 5.33. The summed E-state index contributed by atoms with van der Waals surface area (Å²) in [5.41, 5.74) is 12.7. The van der Waals surface area contributed by atoms with E-state index in [1.807, 2.05) is 88.4 Å². The van der Waals surface area contributed by atoms with E-state index in [4.69, 9.17) is 16.2 Å². The van der Waals surface area contributed by atoms with Gasteiger partial charge < -0.3 is 37.5 Å². The lowest BCUT2D eigenvalue weighted by Crippen LogP contribution is -2.57. The third-order valence-electron chi connectivity index (χ3n) is 7.20. The summed E-state index contributed by atoms with van der Waals surface area (Å²) in [6, 6.07) is 16.7. The first kappa shape index (κ1) is 38.3. The number of hydrogen-bond acceptors (Lipinski definition) is 6. The van der Waals surface area contributed by atoms with Crippen LogP contribution in [0.2, 0.25) is 0 Å². The summed E-state index contributed by atoms with van der Waals surface area (Å²) in [5, 5.41) is 11.3. The lowest BCUT2D eigenvalue weighted by atomic mass is 9.99. The minimum atomic E-state index is -1.00. The van der Waals surface area contributed by atoms with Gasteiger partial charge in [0.1, 0.15) is 18.7 Å². The van der Waals surface area contributed by atoms with Crippen molar-refractivity contribution in [1.29, 1.82) is 0 Å². The number of rotatable bonds is 19. The zero-order chi connectivity index (χ0) is 34.6. The molecule has 0 bridgehead atoms. The zero-order valence-corrected chi connectivity index (χ0v) is 27.9. The van der Waals surface area contributed by atoms with Crippen LogP contribution in [0.15, 0.2) is 77.8 Å². The quantitative estimate of drug-likeness (QED) is 0.0584. The monoisotopic (exact) mass is 649 g/mol. The highest BCUT2D eigenvalue weighted by Crippen LogP contribution is 2.10. The van der Waals surface area contributed by atoms with Gasteiger partial charge in [-0.25, -0.2) is 4.79 Å². The van der Waals surface area contributed by atoms with Crippen LogP contribution in [0.3, 0.4) is 0 Å². The molecule has 0 unspecified atom stereocenters. The van der Waals surface area contributed by atoms with E-state index in [2.05, 4.69) is 26.3 Å². The molecule has 0 saturated heterocycles. The van der Waals surface area contributed by atoms with E-state index in [0.717, 1.165) is 11.1 Å². The van der Waals surface area contributed by atoms with E-state index in [0.29, 0.717) is 19.3 Å². The number of aliphatic imine (C=N–C) groups is 1. The van der Waals surface area contributed by atoms with Gasteiger partial charge in [0.2, 0.25) is 17.7 Å². The van der Waals surface area contributed by atoms with Gasteiger partial charge in [0.25, 0.3) is 0 Å². The van der Waals surface area contributed by atoms with Gasteiger partial charge in [-0.15, -0.1) is 0 Å². The molecule has 2 aromatic carbocycles. The largest absolute Gasteiger partial charge is 0.445 e. The summed E-state index contributed by atoms with van der Waals surface area (Å²) in [6.45, 7) is 8.27. The first-order valence-electron chi connectivity index (χ1n) is 16.1. The molecule has 12 heteroatoms. The summed E-state index contributed by atoms with van der Waals surface area (Å²) in [6.07, 6.45) is 4.09. The van der Waals surface area contributed by atoms with Crippen molar-refractivity contribution < 1.29 is 23.9 Å². The van der Waals surface area contributed by atoms with Crippen LogP contribution >= 0.6 is 0 Å². The van der Waals surface area contributed by atoms with Crippen LogP contribution in [-0.2, 0) is 32.1 Å². The van der Waals surface area contributed by atoms with Crippen molar-refractivity contribution in [3.63, 3.8) is 0 Å². The molecule has 4 amide bonds. The van der Waals surface area contributed by atoms with Gasteiger partial charge in [-0.2, -0.15) is 0 Å². The highest BCUT2D eigenvalue weighted by Gasteiger charge is 2.29. The van der Waals surface area contributed by atoms with Crippen molar-refractivity contribution in [1.82, 2.24) is 21.3 Å². The molecule has 0 radical (unpaired) electrons. The smallest absolute Gasteiger partial charge is 0.408 e. The summed E-state index contributed by atoms with van der Waals surface area (Å²) in [7, 11) is 0. The Morgan fingerprint density at radius 3 is 2.04 bits per heavy atom. The molecule has 8 N–H and O–H groups in total. The van der Waals surface area contributed by atoms with Gasteiger partial charge in [0, 0.05) is 19.1 Å². The third-order valence-corrected chi connectivity index (χ3v) is 7.20. The van der Waals surface area contributed by atoms with Gasteiger partial charge in [-0.05, 0) is 54.7 Å². The number of nitrogens with one attached hydrogen (secondary N) is 4. The second-order valence-electron chi connectivity index (χ2n) is 12.1. The molecule has 0 aliphatic rings. The number of nitrogens with zero attached hydrogens (tertiary/aromatic N) is 1. The highest BCUT2D eigenvalue weighted by atomic mass is 16.5. The first-order valence-corrected chi connectivity index (χ1v) is 16.1. The number of guanidine groups is 1. The van der Waals surface area contributed by atoms with Crippen LogP contribution in [0, 0.1) is 11.8 Å². The van der Waals surface area contributed by atoms with Crippen LogP contribution in [0.4, 0.5) is 4.79 Å². The van der Waals surface area contributed by atoms with Gasteiger partial charge in [-0.1, -0.05) is 94.4 Å². The number of alkyl carbamates (subject to hydrolysis) is 1. The SMILES string of the molecule is CC(C)C[C@H](NC(=O)[C@H](CCCN=C(N)N)NC(=O)OCc1ccccc1)C(=O)N[C@H](CNC(=O)C=CCc1ccccc1)C(C)C. The van der Waals surface area contributed by atoms with E-state index < -0.39 is 24.1 Å². The minimum absolute atomic E-state index is 0.00714. The van der Waals surface area contributed by atoms with Crippen LogP contribution in [0.1, 0.15) is 58.1 Å². The van der Waals surface area contributed by atoms with Crippen molar-refractivity contribution in [2.45, 2.75) is 78.1 Å². The Morgan fingerprint density at radius 1 is 0.830 bits per heavy atom. The lowest BCUT2D eigenvalue weighted by molar-refractivity contribution is -0.131. The molecule has 12 nitrogen and oxygen atoms in total. The summed E-state index contributed by atoms with van der Waals surface area (Å²) in [5.74, 6) is -1.19. The average molecular weight is 650 g/mol. The van der Waals surface area contributed by atoms with Crippen molar-refractivity contribution in [3.8, 4) is 0 Å². The van der Waals surface area contributed by atoms with Gasteiger partial charge in [-0.3, -0.25) is 19.4 Å². The fourth-order valence-electron chi connectivity index (χ4n) is 4.58. The highest BCUT2D eigenvalue weighted by molar-refractivity contribution is 5.91. The lowest BCUT2D eigenvalue weighted by Gasteiger charge is -2.28. The van der Waals surface area contributed by atoms with Crippen LogP contribution in [0.25, 0.3) is 0 Å². The molecular formula is C35H51N7O5. The Balaban J connectivity index is 2.04. The number of allylic oxidation sites excluding steroid dienone is 1. The van der Waals surface area contributed by atoms with Crippen molar-refractivity contribution in [2.75, 3.05) is 13.1 Å². The second-order valence-corrected chi connectivity index (χ2v) is 12.1. The van der Waals surface area contributed by atoms with Crippen molar-refractivity contribution in [2.24, 2.45) is 28.3 Å².